The molecule has 0 aliphatic rings. The normalized spacial score (nSPS) is 12.4. The van der Waals surface area contributed by atoms with Crippen LogP contribution in [-0.2, 0) is 15.6 Å². The third-order valence-electron chi connectivity index (χ3n) is 3.92. The molecule has 1 heterocycles. The molecule has 0 fully saturated rings. The SMILES string of the molecule is CC(=O)Oc1c(C(C)(C)C)cc(-c2cc(Br)sc2Br)cc1C(C)(C)C. The molecule has 1 aromatic carbocycles. The largest absolute Gasteiger partial charge is 0.426 e. The van der Waals surface area contributed by atoms with Crippen LogP contribution in [0, 0.1) is 0 Å². The van der Waals surface area contributed by atoms with E-state index in [4.69, 9.17) is 4.74 Å². The van der Waals surface area contributed by atoms with Crippen molar-refractivity contribution in [1.29, 1.82) is 0 Å². The van der Waals surface area contributed by atoms with Gasteiger partial charge in [0.15, 0.2) is 0 Å². The van der Waals surface area contributed by atoms with Crippen LogP contribution in [0.25, 0.3) is 11.1 Å². The van der Waals surface area contributed by atoms with Gasteiger partial charge < -0.3 is 4.74 Å². The van der Waals surface area contributed by atoms with Crippen LogP contribution in [0.1, 0.15) is 59.6 Å². The number of ether oxygens (including phenoxy) is 1. The third kappa shape index (κ3) is 4.75. The van der Waals surface area contributed by atoms with Crippen LogP contribution < -0.4 is 4.74 Å². The third-order valence-corrected chi connectivity index (χ3v) is 6.26. The van der Waals surface area contributed by atoms with Gasteiger partial charge in [-0.05, 0) is 66.5 Å². The lowest BCUT2D eigenvalue weighted by Crippen LogP contribution is -2.21. The van der Waals surface area contributed by atoms with E-state index >= 15 is 0 Å². The molecular formula is C20H24Br2O2S. The molecule has 0 aliphatic heterocycles. The fourth-order valence-corrected chi connectivity index (χ4v) is 5.56. The Balaban J connectivity index is 2.85. The maximum absolute atomic E-state index is 11.7. The topological polar surface area (TPSA) is 26.3 Å². The van der Waals surface area contributed by atoms with Gasteiger partial charge in [0.05, 0.1) is 7.57 Å². The van der Waals surface area contributed by atoms with Gasteiger partial charge in [-0.1, -0.05) is 41.5 Å². The number of carbonyl (C=O) groups excluding carboxylic acids is 1. The van der Waals surface area contributed by atoms with Gasteiger partial charge in [-0.3, -0.25) is 4.79 Å². The summed E-state index contributed by atoms with van der Waals surface area (Å²) in [4.78, 5) is 11.7. The molecule has 0 radical (unpaired) electrons. The standard InChI is InChI=1S/C20H24Br2O2S/c1-11(23)24-17-14(19(2,3)4)8-12(9-15(17)20(5,6)7)13-10-16(21)25-18(13)22/h8-10H,1-7H3. The van der Waals surface area contributed by atoms with E-state index < -0.39 is 0 Å². The molecule has 0 amide bonds. The second kappa shape index (κ2) is 7.16. The number of thiophene rings is 1. The van der Waals surface area contributed by atoms with Crippen LogP contribution in [-0.4, -0.2) is 5.97 Å². The zero-order chi connectivity index (χ0) is 19.2. The summed E-state index contributed by atoms with van der Waals surface area (Å²) in [6, 6.07) is 6.41. The minimum Gasteiger partial charge on any atom is -0.426 e. The Kier molecular flexibility index (Phi) is 5.92. The molecule has 0 unspecified atom stereocenters. The monoisotopic (exact) mass is 486 g/mol. The van der Waals surface area contributed by atoms with E-state index in [-0.39, 0.29) is 16.8 Å². The summed E-state index contributed by atoms with van der Waals surface area (Å²) in [6.45, 7) is 14.3. The van der Waals surface area contributed by atoms with Crippen molar-refractivity contribution in [2.24, 2.45) is 0 Å². The fourth-order valence-electron chi connectivity index (χ4n) is 2.69. The van der Waals surface area contributed by atoms with Crippen molar-refractivity contribution in [2.75, 3.05) is 0 Å². The predicted molar refractivity (Wildman–Crippen MR) is 114 cm³/mol. The second-order valence-corrected chi connectivity index (χ2v) is 12.0. The lowest BCUT2D eigenvalue weighted by molar-refractivity contribution is -0.132. The zero-order valence-electron chi connectivity index (χ0n) is 15.7. The molecule has 0 bridgehead atoms. The molecule has 0 saturated heterocycles. The number of esters is 1. The van der Waals surface area contributed by atoms with E-state index in [0.29, 0.717) is 5.75 Å². The van der Waals surface area contributed by atoms with Crippen LogP contribution in [0.15, 0.2) is 25.8 Å². The van der Waals surface area contributed by atoms with Crippen molar-refractivity contribution in [3.05, 3.63) is 36.9 Å². The average molecular weight is 488 g/mol. The molecule has 0 aliphatic carbocycles. The Morgan fingerprint density at radius 2 is 1.44 bits per heavy atom. The zero-order valence-corrected chi connectivity index (χ0v) is 19.7. The van der Waals surface area contributed by atoms with Crippen LogP contribution in [0.2, 0.25) is 0 Å². The molecule has 5 heteroatoms. The highest BCUT2D eigenvalue weighted by molar-refractivity contribution is 9.12. The van der Waals surface area contributed by atoms with E-state index in [1.165, 1.54) is 6.92 Å². The summed E-state index contributed by atoms with van der Waals surface area (Å²) in [6.07, 6.45) is 0. The number of rotatable bonds is 2. The van der Waals surface area contributed by atoms with E-state index in [1.54, 1.807) is 11.3 Å². The number of carbonyl (C=O) groups is 1. The van der Waals surface area contributed by atoms with Gasteiger partial charge in [0.2, 0.25) is 0 Å². The Labute approximate surface area is 171 Å². The molecule has 2 rings (SSSR count). The molecular weight excluding hydrogens is 464 g/mol. The Hall–Kier alpha value is -0.650. The summed E-state index contributed by atoms with van der Waals surface area (Å²) in [5.41, 5.74) is 4.04. The molecule has 2 nitrogen and oxygen atoms in total. The lowest BCUT2D eigenvalue weighted by Gasteiger charge is -2.30. The number of hydrogen-bond acceptors (Lipinski definition) is 3. The maximum atomic E-state index is 11.7. The summed E-state index contributed by atoms with van der Waals surface area (Å²) < 4.78 is 7.86. The number of benzene rings is 1. The fraction of sp³-hybridized carbons (Fsp3) is 0.450. The van der Waals surface area contributed by atoms with E-state index in [9.17, 15) is 4.79 Å². The minimum atomic E-state index is -0.289. The molecule has 0 atom stereocenters. The Morgan fingerprint density at radius 1 is 0.960 bits per heavy atom. The number of hydrogen-bond donors (Lipinski definition) is 0. The van der Waals surface area contributed by atoms with Crippen molar-refractivity contribution in [3.63, 3.8) is 0 Å². The van der Waals surface area contributed by atoms with Crippen molar-refractivity contribution in [1.82, 2.24) is 0 Å². The summed E-state index contributed by atoms with van der Waals surface area (Å²) in [5, 5.41) is 0. The molecule has 25 heavy (non-hydrogen) atoms. The van der Waals surface area contributed by atoms with Crippen molar-refractivity contribution in [3.8, 4) is 16.9 Å². The first-order valence-corrected chi connectivity index (χ1v) is 10.5. The summed E-state index contributed by atoms with van der Waals surface area (Å²) in [7, 11) is 0. The van der Waals surface area contributed by atoms with Crippen molar-refractivity contribution >= 4 is 49.2 Å². The van der Waals surface area contributed by atoms with Gasteiger partial charge in [-0.25, -0.2) is 0 Å². The van der Waals surface area contributed by atoms with Crippen molar-refractivity contribution in [2.45, 2.75) is 59.3 Å². The van der Waals surface area contributed by atoms with Gasteiger partial charge >= 0.3 is 5.97 Å². The van der Waals surface area contributed by atoms with Crippen LogP contribution in [0.5, 0.6) is 5.75 Å². The van der Waals surface area contributed by atoms with Crippen LogP contribution in [0.3, 0.4) is 0 Å². The van der Waals surface area contributed by atoms with E-state index in [2.05, 4.69) is 91.6 Å². The molecule has 0 spiro atoms. The van der Waals surface area contributed by atoms with Crippen LogP contribution >= 0.6 is 43.2 Å². The lowest BCUT2D eigenvalue weighted by atomic mass is 9.78. The highest BCUT2D eigenvalue weighted by Gasteiger charge is 2.29. The highest BCUT2D eigenvalue weighted by Crippen LogP contribution is 2.46. The van der Waals surface area contributed by atoms with Gasteiger partial charge in [-0.2, -0.15) is 0 Å². The van der Waals surface area contributed by atoms with Gasteiger partial charge in [0, 0.05) is 23.6 Å². The van der Waals surface area contributed by atoms with Gasteiger partial charge in [-0.15, -0.1) is 11.3 Å². The number of halogens is 2. The predicted octanol–water partition coefficient (Wildman–Crippen LogP) is 7.46. The van der Waals surface area contributed by atoms with Crippen molar-refractivity contribution < 1.29 is 9.53 Å². The molecule has 0 saturated carbocycles. The minimum absolute atomic E-state index is 0.152. The maximum Gasteiger partial charge on any atom is 0.308 e. The highest BCUT2D eigenvalue weighted by atomic mass is 79.9. The molecule has 1 aromatic heterocycles. The molecule has 136 valence electrons. The van der Waals surface area contributed by atoms with E-state index in [1.807, 2.05) is 0 Å². The summed E-state index contributed by atoms with van der Waals surface area (Å²) in [5.74, 6) is 0.407. The summed E-state index contributed by atoms with van der Waals surface area (Å²) >= 11 is 8.88. The molecule has 0 N–H and O–H groups in total. The first-order valence-electron chi connectivity index (χ1n) is 8.13. The second-order valence-electron chi connectivity index (χ2n) is 8.23. The van der Waals surface area contributed by atoms with Crippen LogP contribution in [0.4, 0.5) is 0 Å². The van der Waals surface area contributed by atoms with Gasteiger partial charge in [0.25, 0.3) is 0 Å². The molecule has 2 aromatic rings. The Bertz CT molecular complexity index is 773. The first kappa shape index (κ1) is 20.7. The average Bonchev–Trinajstić information content (AvgIpc) is 2.74. The first-order chi connectivity index (χ1) is 11.3. The quantitative estimate of drug-likeness (QED) is 0.324. The smallest absolute Gasteiger partial charge is 0.308 e. The van der Waals surface area contributed by atoms with Gasteiger partial charge in [0.1, 0.15) is 5.75 Å². The Morgan fingerprint density at radius 3 is 1.76 bits per heavy atom. The van der Waals surface area contributed by atoms with E-state index in [0.717, 1.165) is 29.8 Å².